The van der Waals surface area contributed by atoms with Crippen molar-refractivity contribution in [3.8, 4) is 34.3 Å². The van der Waals surface area contributed by atoms with Crippen molar-refractivity contribution in [2.75, 3.05) is 5.32 Å². The molecule has 6 nitrogen and oxygen atoms in total. The first-order valence-corrected chi connectivity index (χ1v) is 11.8. The van der Waals surface area contributed by atoms with Crippen molar-refractivity contribution in [3.63, 3.8) is 0 Å². The van der Waals surface area contributed by atoms with Crippen molar-refractivity contribution in [3.05, 3.63) is 112 Å². The maximum Gasteiger partial charge on any atom is 0.278 e. The van der Waals surface area contributed by atoms with E-state index in [-0.39, 0.29) is 27.5 Å². The third-order valence-electron chi connectivity index (χ3n) is 5.10. The van der Waals surface area contributed by atoms with Crippen LogP contribution in [0.3, 0.4) is 0 Å². The smallest absolute Gasteiger partial charge is 0.278 e. The van der Waals surface area contributed by atoms with Crippen LogP contribution >= 0.6 is 34.8 Å². The second-order valence-corrected chi connectivity index (χ2v) is 8.74. The summed E-state index contributed by atoms with van der Waals surface area (Å²) in [5.74, 6) is 1.26. The van der Waals surface area contributed by atoms with Gasteiger partial charge in [0.2, 0.25) is 5.89 Å². The lowest BCUT2D eigenvalue weighted by Gasteiger charge is -2.06. The Morgan fingerprint density at radius 3 is 2.22 bits per heavy atom. The number of halogens is 3. The molecule has 0 aliphatic heterocycles. The average Bonchev–Trinajstić information content (AvgIpc) is 3.34. The Balaban J connectivity index is 1.50. The first kappa shape index (κ1) is 23.9. The molecule has 0 bridgehead atoms. The summed E-state index contributed by atoms with van der Waals surface area (Å²) in [6.45, 7) is 0. The molecule has 3 aromatic carbocycles. The van der Waals surface area contributed by atoms with Gasteiger partial charge in [-0.25, -0.2) is 9.97 Å². The lowest BCUT2D eigenvalue weighted by atomic mass is 10.2. The molecule has 9 heteroatoms. The van der Waals surface area contributed by atoms with Gasteiger partial charge in [0.15, 0.2) is 11.5 Å². The van der Waals surface area contributed by atoms with E-state index >= 15 is 0 Å². The minimum atomic E-state index is -0.511. The molecule has 5 aromatic rings. The van der Waals surface area contributed by atoms with Gasteiger partial charge in [-0.1, -0.05) is 65.1 Å². The van der Waals surface area contributed by atoms with Crippen molar-refractivity contribution < 1.29 is 13.9 Å². The highest BCUT2D eigenvalue weighted by Gasteiger charge is 2.24. The zero-order valence-corrected chi connectivity index (χ0v) is 20.7. The summed E-state index contributed by atoms with van der Waals surface area (Å²) < 4.78 is 11.9. The number of carbonyl (C=O) groups is 1. The molecule has 0 atom stereocenters. The fraction of sp³-hybridized carbons (Fsp3) is 0. The van der Waals surface area contributed by atoms with E-state index in [2.05, 4.69) is 15.3 Å². The highest BCUT2D eigenvalue weighted by molar-refractivity contribution is 6.41. The molecule has 2 aromatic heterocycles. The number of anilines is 1. The number of hydrogen-bond donors (Lipinski definition) is 1. The van der Waals surface area contributed by atoms with Crippen molar-refractivity contribution in [1.29, 1.82) is 0 Å². The van der Waals surface area contributed by atoms with Gasteiger partial charge in [-0.2, -0.15) is 0 Å². The molecule has 178 valence electrons. The van der Waals surface area contributed by atoms with Crippen molar-refractivity contribution in [1.82, 2.24) is 9.97 Å². The molecule has 0 radical (unpaired) electrons. The van der Waals surface area contributed by atoms with Crippen LogP contribution in [0.4, 0.5) is 5.69 Å². The van der Waals surface area contributed by atoms with Crippen LogP contribution in [0.15, 0.2) is 95.5 Å². The number of amides is 1. The maximum absolute atomic E-state index is 13.2. The van der Waals surface area contributed by atoms with E-state index in [0.717, 1.165) is 0 Å². The number of para-hydroxylation sites is 2. The summed E-state index contributed by atoms with van der Waals surface area (Å²) in [4.78, 5) is 21.8. The van der Waals surface area contributed by atoms with Gasteiger partial charge >= 0.3 is 0 Å². The van der Waals surface area contributed by atoms with E-state index in [1.807, 2.05) is 30.3 Å². The Morgan fingerprint density at radius 1 is 0.806 bits per heavy atom. The minimum absolute atomic E-state index is 0.0368. The molecule has 1 N–H and O–H groups in total. The molecule has 2 heterocycles. The van der Waals surface area contributed by atoms with Crippen LogP contribution in [0.2, 0.25) is 15.2 Å². The first-order valence-electron chi connectivity index (χ1n) is 10.7. The van der Waals surface area contributed by atoms with Gasteiger partial charge in [-0.05, 0) is 54.6 Å². The first-order chi connectivity index (χ1) is 17.5. The molecule has 5 rings (SSSR count). The predicted molar refractivity (Wildman–Crippen MR) is 141 cm³/mol. The molecular weight excluding hydrogens is 521 g/mol. The number of nitrogens with zero attached hydrogens (tertiary/aromatic N) is 2. The summed E-state index contributed by atoms with van der Waals surface area (Å²) in [6, 6.07) is 25.0. The summed E-state index contributed by atoms with van der Waals surface area (Å²) in [5, 5.41) is 3.51. The van der Waals surface area contributed by atoms with Crippen LogP contribution in [0, 0.1) is 0 Å². The standard InChI is InChI=1S/C27H16Cl3N3O3/c28-20-8-4-5-9-22(20)32-26(34)23-24(17-14-21(29)25(30)31-15-17)36-27(33-23)16-10-12-19(13-11-16)35-18-6-2-1-3-7-18/h1-15H,(H,32,34). The van der Waals surface area contributed by atoms with Crippen LogP contribution in [-0.4, -0.2) is 15.9 Å². The lowest BCUT2D eigenvalue weighted by molar-refractivity contribution is 0.102. The molecule has 36 heavy (non-hydrogen) atoms. The molecule has 0 aliphatic carbocycles. The van der Waals surface area contributed by atoms with Crippen LogP contribution in [-0.2, 0) is 0 Å². The molecular formula is C27H16Cl3N3O3. The number of hydrogen-bond acceptors (Lipinski definition) is 5. The third kappa shape index (κ3) is 5.21. The Kier molecular flexibility index (Phi) is 6.91. The number of aromatic nitrogens is 2. The molecule has 0 unspecified atom stereocenters. The second-order valence-electron chi connectivity index (χ2n) is 7.57. The quantitative estimate of drug-likeness (QED) is 0.220. The van der Waals surface area contributed by atoms with Gasteiger partial charge in [0, 0.05) is 17.3 Å². The number of pyridine rings is 1. The van der Waals surface area contributed by atoms with Gasteiger partial charge in [0.25, 0.3) is 5.91 Å². The van der Waals surface area contributed by atoms with E-state index in [1.165, 1.54) is 6.20 Å². The number of ether oxygens (including phenoxy) is 1. The minimum Gasteiger partial charge on any atom is -0.457 e. The summed E-state index contributed by atoms with van der Waals surface area (Å²) in [5.41, 5.74) is 1.56. The highest BCUT2D eigenvalue weighted by atomic mass is 35.5. The molecule has 0 spiro atoms. The monoisotopic (exact) mass is 535 g/mol. The number of nitrogens with one attached hydrogen (secondary N) is 1. The van der Waals surface area contributed by atoms with Gasteiger partial charge in [-0.3, -0.25) is 4.79 Å². The van der Waals surface area contributed by atoms with Crippen molar-refractivity contribution >= 4 is 46.4 Å². The van der Waals surface area contributed by atoms with Crippen LogP contribution in [0.5, 0.6) is 11.5 Å². The van der Waals surface area contributed by atoms with Crippen molar-refractivity contribution in [2.24, 2.45) is 0 Å². The van der Waals surface area contributed by atoms with Crippen LogP contribution in [0.25, 0.3) is 22.8 Å². The molecule has 1 amide bonds. The Labute approximate surface area is 221 Å². The number of carbonyl (C=O) groups excluding carboxylic acids is 1. The zero-order valence-electron chi connectivity index (χ0n) is 18.4. The summed E-state index contributed by atoms with van der Waals surface area (Å²) in [6.07, 6.45) is 1.46. The fourth-order valence-electron chi connectivity index (χ4n) is 3.37. The van der Waals surface area contributed by atoms with Crippen LogP contribution < -0.4 is 10.1 Å². The van der Waals surface area contributed by atoms with Gasteiger partial charge in [0.05, 0.1) is 15.7 Å². The molecule has 0 saturated carbocycles. The average molecular weight is 537 g/mol. The topological polar surface area (TPSA) is 77.2 Å². The van der Waals surface area contributed by atoms with E-state index < -0.39 is 5.91 Å². The molecule has 0 saturated heterocycles. The number of rotatable bonds is 6. The molecule has 0 aliphatic rings. The normalized spacial score (nSPS) is 10.8. The Morgan fingerprint density at radius 2 is 1.50 bits per heavy atom. The maximum atomic E-state index is 13.2. The summed E-state index contributed by atoms with van der Waals surface area (Å²) in [7, 11) is 0. The third-order valence-corrected chi connectivity index (χ3v) is 6.12. The van der Waals surface area contributed by atoms with Gasteiger partial charge in [-0.15, -0.1) is 0 Å². The predicted octanol–water partition coefficient (Wildman–Crippen LogP) is 8.41. The molecule has 0 fully saturated rings. The van der Waals surface area contributed by atoms with E-state index in [4.69, 9.17) is 44.0 Å². The van der Waals surface area contributed by atoms with Crippen LogP contribution in [0.1, 0.15) is 10.5 Å². The zero-order chi connectivity index (χ0) is 25.1. The number of oxazole rings is 1. The van der Waals surface area contributed by atoms with E-state index in [0.29, 0.717) is 33.3 Å². The fourth-order valence-corrected chi connectivity index (χ4v) is 3.83. The van der Waals surface area contributed by atoms with E-state index in [1.54, 1.807) is 54.6 Å². The number of benzene rings is 3. The second kappa shape index (κ2) is 10.4. The van der Waals surface area contributed by atoms with Gasteiger partial charge in [0.1, 0.15) is 16.7 Å². The largest absolute Gasteiger partial charge is 0.457 e. The highest BCUT2D eigenvalue weighted by Crippen LogP contribution is 2.34. The Hall–Kier alpha value is -3.84. The van der Waals surface area contributed by atoms with Crippen molar-refractivity contribution in [2.45, 2.75) is 0 Å². The van der Waals surface area contributed by atoms with Gasteiger partial charge < -0.3 is 14.5 Å². The lowest BCUT2D eigenvalue weighted by Crippen LogP contribution is -2.13. The SMILES string of the molecule is O=C(Nc1ccccc1Cl)c1nc(-c2ccc(Oc3ccccc3)cc2)oc1-c1cnc(Cl)c(Cl)c1. The summed E-state index contributed by atoms with van der Waals surface area (Å²) >= 11 is 18.4. The Bertz CT molecular complexity index is 1540. The van der Waals surface area contributed by atoms with E-state index in [9.17, 15) is 4.79 Å².